The third-order valence-electron chi connectivity index (χ3n) is 8.18. The van der Waals surface area contributed by atoms with Crippen LogP contribution in [0.5, 0.6) is 5.75 Å². The molecule has 1 saturated carbocycles. The lowest BCUT2D eigenvalue weighted by atomic mass is 9.57. The fourth-order valence-electron chi connectivity index (χ4n) is 6.35. The highest BCUT2D eigenvalue weighted by Gasteiger charge is 2.64. The average Bonchev–Trinajstić information content (AvgIpc) is 2.90. The highest BCUT2D eigenvalue weighted by atomic mass is 16.6. The number of hydrogen-bond donors (Lipinski definition) is 5. The summed E-state index contributed by atoms with van der Waals surface area (Å²) in [6.07, 6.45) is 3.39. The van der Waals surface area contributed by atoms with Crippen molar-refractivity contribution in [3.63, 3.8) is 0 Å². The van der Waals surface area contributed by atoms with Crippen LogP contribution in [0.4, 0.5) is 5.69 Å². The Labute approximate surface area is 233 Å². The molecule has 1 amide bonds. The van der Waals surface area contributed by atoms with E-state index in [0.717, 1.165) is 0 Å². The van der Waals surface area contributed by atoms with E-state index in [0.29, 0.717) is 16.7 Å². The maximum Gasteiger partial charge on any atom is 0.270 e. The van der Waals surface area contributed by atoms with Crippen molar-refractivity contribution in [3.8, 4) is 5.75 Å². The third-order valence-corrected chi connectivity index (χ3v) is 8.18. The Kier molecular flexibility index (Phi) is 6.55. The molecule has 0 unspecified atom stereocenters. The lowest BCUT2D eigenvalue weighted by Crippen LogP contribution is -2.65. The number of nitro benzene ring substituents is 1. The Morgan fingerprint density at radius 3 is 2.49 bits per heavy atom. The Balaban J connectivity index is 1.65. The molecule has 0 aromatic heterocycles. The van der Waals surface area contributed by atoms with Crippen LogP contribution in [0.3, 0.4) is 0 Å². The van der Waals surface area contributed by atoms with Crippen molar-refractivity contribution in [2.24, 2.45) is 17.6 Å². The van der Waals surface area contributed by atoms with Crippen LogP contribution in [0.15, 0.2) is 53.3 Å². The van der Waals surface area contributed by atoms with Crippen LogP contribution in [0.25, 0.3) is 17.9 Å². The van der Waals surface area contributed by atoms with Crippen LogP contribution >= 0.6 is 0 Å². The summed E-state index contributed by atoms with van der Waals surface area (Å²) in [6.45, 7) is 0. The van der Waals surface area contributed by atoms with Gasteiger partial charge in [-0.05, 0) is 55.6 Å². The first kappa shape index (κ1) is 27.7. The van der Waals surface area contributed by atoms with Crippen molar-refractivity contribution in [3.05, 3.63) is 85.7 Å². The van der Waals surface area contributed by atoms with Crippen LogP contribution in [0, 0.1) is 22.0 Å². The summed E-state index contributed by atoms with van der Waals surface area (Å²) in [6, 6.07) is 7.71. The van der Waals surface area contributed by atoms with Crippen molar-refractivity contribution >= 4 is 41.1 Å². The molecule has 3 aliphatic carbocycles. The highest BCUT2D eigenvalue weighted by molar-refractivity contribution is 6.24. The molecular weight excluding hydrogens is 534 g/mol. The predicted molar refractivity (Wildman–Crippen MR) is 146 cm³/mol. The van der Waals surface area contributed by atoms with Gasteiger partial charge in [0.1, 0.15) is 22.8 Å². The van der Waals surface area contributed by atoms with E-state index in [4.69, 9.17) is 5.73 Å². The number of fused-ring (bicyclic) bond motifs is 3. The molecule has 12 heteroatoms. The number of rotatable bonds is 5. The fraction of sp³-hybridized carbons (Fsp3) is 0.276. The van der Waals surface area contributed by atoms with Crippen molar-refractivity contribution in [1.29, 1.82) is 0 Å². The SMILES string of the molecule is CN(C)[C@@H]1C(=O)C(C(N)=O)=C(O)[C@@]2(O)C(=O)C3=C(O)c4c(O)ccc(/C=C/c5cccc([N+](=O)[O-])c5)c4C[C@H]3C[C@@H]12. The monoisotopic (exact) mass is 561 g/mol. The average molecular weight is 562 g/mol. The second kappa shape index (κ2) is 9.68. The molecule has 4 atom stereocenters. The number of non-ortho nitro benzene ring substituents is 1. The number of Topliss-reactive ketones (excluding diaryl/α,β-unsaturated/α-hetero) is 2. The molecule has 0 bridgehead atoms. The third kappa shape index (κ3) is 4.10. The number of carbonyl (C=O) groups excluding carboxylic acids is 3. The molecule has 41 heavy (non-hydrogen) atoms. The van der Waals surface area contributed by atoms with Gasteiger partial charge in [-0.1, -0.05) is 30.4 Å². The van der Waals surface area contributed by atoms with Gasteiger partial charge >= 0.3 is 0 Å². The number of nitro groups is 1. The summed E-state index contributed by atoms with van der Waals surface area (Å²) in [5.41, 5.74) is 2.97. The van der Waals surface area contributed by atoms with E-state index in [2.05, 4.69) is 0 Å². The topological polar surface area (TPSA) is 205 Å². The maximum absolute atomic E-state index is 13.9. The molecule has 0 spiro atoms. The first-order valence-corrected chi connectivity index (χ1v) is 12.7. The van der Waals surface area contributed by atoms with Gasteiger partial charge in [-0.3, -0.25) is 29.4 Å². The smallest absolute Gasteiger partial charge is 0.270 e. The van der Waals surface area contributed by atoms with E-state index < -0.39 is 63.0 Å². The maximum atomic E-state index is 13.9. The number of aliphatic hydroxyl groups excluding tert-OH is 2. The quantitative estimate of drug-likeness (QED) is 0.155. The number of phenolic OH excluding ortho intramolecular Hbond substituents is 1. The number of nitrogens with two attached hydrogens (primary N) is 1. The van der Waals surface area contributed by atoms with Crippen LogP contribution in [0.2, 0.25) is 0 Å². The largest absolute Gasteiger partial charge is 0.508 e. The van der Waals surface area contributed by atoms with Crippen LogP contribution in [-0.4, -0.2) is 73.5 Å². The zero-order valence-electron chi connectivity index (χ0n) is 22.1. The van der Waals surface area contributed by atoms with Crippen molar-refractivity contribution in [1.82, 2.24) is 4.90 Å². The Morgan fingerprint density at radius 2 is 1.85 bits per heavy atom. The number of phenols is 1. The minimum Gasteiger partial charge on any atom is -0.508 e. The predicted octanol–water partition coefficient (Wildman–Crippen LogP) is 2.04. The van der Waals surface area contributed by atoms with Gasteiger partial charge in [-0.15, -0.1) is 0 Å². The molecule has 12 nitrogen and oxygen atoms in total. The molecule has 1 fully saturated rings. The normalized spacial score (nSPS) is 25.8. The molecule has 5 rings (SSSR count). The Bertz CT molecular complexity index is 1640. The van der Waals surface area contributed by atoms with E-state index in [-0.39, 0.29) is 35.4 Å². The second-order valence-corrected chi connectivity index (χ2v) is 10.7. The lowest BCUT2D eigenvalue weighted by Gasteiger charge is -2.50. The summed E-state index contributed by atoms with van der Waals surface area (Å²) < 4.78 is 0. The van der Waals surface area contributed by atoms with Gasteiger partial charge in [0.2, 0.25) is 5.78 Å². The lowest BCUT2D eigenvalue weighted by molar-refractivity contribution is -0.384. The van der Waals surface area contributed by atoms with Gasteiger partial charge in [0.15, 0.2) is 11.4 Å². The minimum atomic E-state index is -2.71. The van der Waals surface area contributed by atoms with E-state index in [1.807, 2.05) is 0 Å². The highest BCUT2D eigenvalue weighted by Crippen LogP contribution is 2.53. The molecule has 6 N–H and O–H groups in total. The number of likely N-dealkylation sites (N-methyl/N-ethyl adjacent to an activating group) is 1. The van der Waals surface area contributed by atoms with Crippen LogP contribution in [-0.2, 0) is 20.8 Å². The van der Waals surface area contributed by atoms with E-state index in [1.54, 1.807) is 30.4 Å². The number of benzene rings is 2. The standard InChI is InChI=1S/C29H27N3O9/c1-31(2)23-18-12-15-11-17-14(7-6-13-4-3-5-16(10-13)32(40)41)8-9-19(33)21(17)24(34)20(15)26(36)29(18,39)27(37)22(25(23)35)28(30)38/h3-10,15,18,23,33-34,37,39H,11-12H2,1-2H3,(H2,30,38)/b7-6+/t15-,18-,23-,29-/m0/s1. The van der Waals surface area contributed by atoms with Gasteiger partial charge in [0.05, 0.1) is 16.5 Å². The summed E-state index contributed by atoms with van der Waals surface area (Å²) >= 11 is 0. The number of ketones is 2. The number of carbonyl (C=O) groups is 3. The summed E-state index contributed by atoms with van der Waals surface area (Å²) in [5, 5.41) is 55.7. The number of nitrogens with zero attached hydrogens (tertiary/aromatic N) is 2. The van der Waals surface area contributed by atoms with E-state index >= 15 is 0 Å². The molecule has 2 aromatic rings. The Hall–Kier alpha value is -4.81. The van der Waals surface area contributed by atoms with Crippen molar-refractivity contribution in [2.45, 2.75) is 24.5 Å². The molecule has 0 saturated heterocycles. The molecule has 212 valence electrons. The van der Waals surface area contributed by atoms with Gasteiger partial charge in [0.25, 0.3) is 11.6 Å². The molecule has 2 aromatic carbocycles. The number of aromatic hydroxyl groups is 1. The number of amides is 1. The van der Waals surface area contributed by atoms with Gasteiger partial charge < -0.3 is 26.2 Å². The zero-order valence-corrected chi connectivity index (χ0v) is 22.1. The molecule has 3 aliphatic rings. The minimum absolute atomic E-state index is 0.0323. The van der Waals surface area contributed by atoms with Gasteiger partial charge in [-0.2, -0.15) is 0 Å². The number of hydrogen-bond acceptors (Lipinski definition) is 10. The first-order chi connectivity index (χ1) is 19.3. The van der Waals surface area contributed by atoms with E-state index in [9.17, 15) is 44.9 Å². The van der Waals surface area contributed by atoms with Crippen molar-refractivity contribution < 1.29 is 39.7 Å². The first-order valence-electron chi connectivity index (χ1n) is 12.7. The number of primary amides is 1. The zero-order chi connectivity index (χ0) is 30.0. The van der Waals surface area contributed by atoms with Crippen LogP contribution < -0.4 is 5.73 Å². The second-order valence-electron chi connectivity index (χ2n) is 10.7. The van der Waals surface area contributed by atoms with Crippen LogP contribution in [0.1, 0.15) is 28.7 Å². The van der Waals surface area contributed by atoms with Gasteiger partial charge in [0, 0.05) is 23.6 Å². The molecule has 0 radical (unpaired) electrons. The van der Waals surface area contributed by atoms with E-state index in [1.165, 1.54) is 37.2 Å². The summed E-state index contributed by atoms with van der Waals surface area (Å²) in [7, 11) is 3.06. The summed E-state index contributed by atoms with van der Waals surface area (Å²) in [4.78, 5) is 51.2. The Morgan fingerprint density at radius 1 is 1.15 bits per heavy atom. The van der Waals surface area contributed by atoms with Gasteiger partial charge in [-0.25, -0.2) is 0 Å². The molecule has 0 aliphatic heterocycles. The molecular formula is C29H27N3O9. The summed E-state index contributed by atoms with van der Waals surface area (Å²) in [5.74, 6) is -7.18. The number of aliphatic hydroxyl groups is 3. The fourth-order valence-corrected chi connectivity index (χ4v) is 6.35. The molecule has 0 heterocycles. The van der Waals surface area contributed by atoms with Crippen molar-refractivity contribution in [2.75, 3.05) is 14.1 Å².